The summed E-state index contributed by atoms with van der Waals surface area (Å²) in [6.45, 7) is 0. The lowest BCUT2D eigenvalue weighted by molar-refractivity contribution is 1.06. The van der Waals surface area contributed by atoms with Crippen molar-refractivity contribution in [3.8, 4) is 73.2 Å². The third-order valence-electron chi connectivity index (χ3n) is 9.92. The highest BCUT2D eigenvalue weighted by atomic mass is 15.1. The van der Waals surface area contributed by atoms with E-state index in [0.717, 1.165) is 55.2 Å². The predicted octanol–water partition coefficient (Wildman–Crippen LogP) is 13.0. The highest BCUT2D eigenvalue weighted by Crippen LogP contribution is 2.39. The first-order valence-corrected chi connectivity index (χ1v) is 18.1. The van der Waals surface area contributed by atoms with Crippen LogP contribution in [0.1, 0.15) is 6.85 Å². The smallest absolute Gasteiger partial charge is 0.166 e. The van der Waals surface area contributed by atoms with Gasteiger partial charge in [0.05, 0.1) is 23.6 Å². The van der Waals surface area contributed by atoms with E-state index in [9.17, 15) is 0 Å². The van der Waals surface area contributed by atoms with Gasteiger partial charge < -0.3 is 4.57 Å². The second-order valence-corrected chi connectivity index (χ2v) is 13.3. The van der Waals surface area contributed by atoms with Gasteiger partial charge in [0.15, 0.2) is 17.5 Å². The molecule has 0 radical (unpaired) electrons. The molecule has 0 fully saturated rings. The highest BCUT2D eigenvalue weighted by molar-refractivity contribution is 6.09. The van der Waals surface area contributed by atoms with Crippen LogP contribution < -0.4 is 0 Å². The Labute approximate surface area is 326 Å². The van der Waals surface area contributed by atoms with Crippen molar-refractivity contribution in [2.24, 2.45) is 0 Å². The van der Waals surface area contributed by atoms with E-state index in [2.05, 4.69) is 71.3 Å². The molecule has 0 atom stereocenters. The average Bonchev–Trinajstić information content (AvgIpc) is 3.65. The number of hydrogen-bond acceptors (Lipinski definition) is 3. The Kier molecular flexibility index (Phi) is 6.85. The van der Waals surface area contributed by atoms with Crippen molar-refractivity contribution in [1.29, 1.82) is 0 Å². The Morgan fingerprint density at radius 3 is 1.40 bits per heavy atom. The summed E-state index contributed by atoms with van der Waals surface area (Å²) in [7, 11) is 0. The van der Waals surface area contributed by atoms with Gasteiger partial charge in [-0.25, -0.2) is 15.0 Å². The number of para-hydroxylation sites is 2. The van der Waals surface area contributed by atoms with Crippen LogP contribution in [0.2, 0.25) is 0 Å². The highest BCUT2D eigenvalue weighted by Gasteiger charge is 2.21. The summed E-state index contributed by atoms with van der Waals surface area (Å²) < 4.78 is 45.2. The topological polar surface area (TPSA) is 43.6 Å². The van der Waals surface area contributed by atoms with Crippen LogP contribution in [0.25, 0.3) is 95.0 Å². The van der Waals surface area contributed by atoms with Gasteiger partial charge in [-0.15, -0.1) is 0 Å². The van der Waals surface area contributed by atoms with Gasteiger partial charge in [0.2, 0.25) is 0 Å². The first-order chi connectivity index (χ1) is 29.3. The standard InChI is InChI=1S/C51H34N4/c1-5-17-35(18-6-1)39-29-30-45(48(34-39)55-46-27-15-13-25-43(46)44-26-14-16-28-47(44)55)51-53-49(38-23-11-4-12-24-38)52-50(54-51)42-32-40(36-19-7-2-8-20-36)31-41(33-42)37-21-9-3-10-22-37/h1-34H/i1D,5D,6D,17D,18D. The quantitative estimate of drug-likeness (QED) is 0.166. The summed E-state index contributed by atoms with van der Waals surface area (Å²) in [5, 5.41) is 2.08. The molecule has 0 aliphatic heterocycles. The second kappa shape index (κ2) is 13.8. The first kappa shape index (κ1) is 27.2. The fraction of sp³-hybridized carbons (Fsp3) is 0. The summed E-state index contributed by atoms with van der Waals surface area (Å²) in [4.78, 5) is 15.6. The first-order valence-electron chi connectivity index (χ1n) is 20.6. The minimum absolute atomic E-state index is 0.113. The molecule has 55 heavy (non-hydrogen) atoms. The summed E-state index contributed by atoms with van der Waals surface area (Å²) in [5.41, 5.74) is 9.57. The third kappa shape index (κ3) is 6.06. The van der Waals surface area contributed by atoms with E-state index in [1.165, 1.54) is 0 Å². The van der Waals surface area contributed by atoms with Crippen LogP contribution in [0.3, 0.4) is 0 Å². The third-order valence-corrected chi connectivity index (χ3v) is 9.92. The van der Waals surface area contributed by atoms with E-state index in [1.807, 2.05) is 103 Å². The van der Waals surface area contributed by atoms with E-state index in [4.69, 9.17) is 21.8 Å². The van der Waals surface area contributed by atoms with Crippen molar-refractivity contribution in [2.45, 2.75) is 0 Å². The van der Waals surface area contributed by atoms with Crippen LogP contribution >= 0.6 is 0 Å². The number of fused-ring (bicyclic) bond motifs is 3. The number of rotatable bonds is 7. The molecular formula is C51H34N4. The fourth-order valence-corrected chi connectivity index (χ4v) is 7.33. The van der Waals surface area contributed by atoms with E-state index in [0.29, 0.717) is 34.3 Å². The molecule has 10 aromatic rings. The molecule has 0 amide bonds. The van der Waals surface area contributed by atoms with Crippen molar-refractivity contribution >= 4 is 21.8 Å². The molecule has 0 saturated heterocycles. The molecule has 0 spiro atoms. The number of hydrogen-bond donors (Lipinski definition) is 0. The SMILES string of the molecule is [2H]c1c([2H])c([2H])c(-c2ccc(-c3nc(-c4ccccc4)nc(-c4cc(-c5ccccc5)cc(-c5ccccc5)c4)n3)c(-n3c4ccccc4c4ccccc43)c2)c([2H])c1[2H]. The van der Waals surface area contributed by atoms with Crippen molar-refractivity contribution in [3.05, 3.63) is 206 Å². The van der Waals surface area contributed by atoms with Crippen molar-refractivity contribution in [1.82, 2.24) is 19.5 Å². The van der Waals surface area contributed by atoms with Crippen molar-refractivity contribution < 1.29 is 6.85 Å². The zero-order valence-electron chi connectivity index (χ0n) is 34.5. The van der Waals surface area contributed by atoms with Crippen LogP contribution in [0.15, 0.2) is 206 Å². The molecule has 0 bridgehead atoms. The van der Waals surface area contributed by atoms with Crippen LogP contribution in [-0.2, 0) is 0 Å². The second-order valence-electron chi connectivity index (χ2n) is 13.3. The molecule has 0 saturated carbocycles. The summed E-state index contributed by atoms with van der Waals surface area (Å²) in [6, 6.07) is 56.9. The van der Waals surface area contributed by atoms with Crippen LogP contribution in [0.5, 0.6) is 0 Å². The van der Waals surface area contributed by atoms with E-state index in [-0.39, 0.29) is 17.6 Å². The Morgan fingerprint density at radius 1 is 0.345 bits per heavy atom. The monoisotopic (exact) mass is 707 g/mol. The average molecular weight is 708 g/mol. The van der Waals surface area contributed by atoms with Crippen LogP contribution in [-0.4, -0.2) is 19.5 Å². The fourth-order valence-electron chi connectivity index (χ4n) is 7.33. The Balaban J connectivity index is 1.28. The summed E-state index contributed by atoms with van der Waals surface area (Å²) in [5.74, 6) is 1.39. The normalized spacial score (nSPS) is 12.5. The minimum Gasteiger partial charge on any atom is -0.308 e. The molecular weight excluding hydrogens is 669 g/mol. The van der Waals surface area contributed by atoms with Gasteiger partial charge in [-0.05, 0) is 75.8 Å². The van der Waals surface area contributed by atoms with Gasteiger partial charge in [0.25, 0.3) is 0 Å². The molecule has 10 rings (SSSR count). The lowest BCUT2D eigenvalue weighted by atomic mass is 9.96. The zero-order valence-corrected chi connectivity index (χ0v) is 29.5. The maximum Gasteiger partial charge on any atom is 0.166 e. The van der Waals surface area contributed by atoms with Gasteiger partial charge in [-0.1, -0.05) is 164 Å². The Hall–Kier alpha value is -7.43. The Bertz CT molecular complexity index is 3120. The molecule has 2 heterocycles. The number of aromatic nitrogens is 4. The maximum atomic E-state index is 8.89. The molecule has 258 valence electrons. The molecule has 0 aliphatic rings. The lowest BCUT2D eigenvalue weighted by Crippen LogP contribution is -2.04. The van der Waals surface area contributed by atoms with E-state index < -0.39 is 18.1 Å². The molecule has 4 heteroatoms. The van der Waals surface area contributed by atoms with Crippen LogP contribution in [0, 0.1) is 0 Å². The van der Waals surface area contributed by atoms with Crippen molar-refractivity contribution in [3.63, 3.8) is 0 Å². The molecule has 4 nitrogen and oxygen atoms in total. The van der Waals surface area contributed by atoms with Gasteiger partial charge in [0.1, 0.15) is 0 Å². The van der Waals surface area contributed by atoms with Crippen molar-refractivity contribution in [2.75, 3.05) is 0 Å². The van der Waals surface area contributed by atoms with E-state index >= 15 is 0 Å². The number of benzene rings is 8. The summed E-state index contributed by atoms with van der Waals surface area (Å²) >= 11 is 0. The van der Waals surface area contributed by atoms with Gasteiger partial charge in [0, 0.05) is 27.5 Å². The molecule has 0 unspecified atom stereocenters. The predicted molar refractivity (Wildman–Crippen MR) is 227 cm³/mol. The minimum atomic E-state index is -0.439. The van der Waals surface area contributed by atoms with Gasteiger partial charge in [-0.3, -0.25) is 0 Å². The zero-order chi connectivity index (χ0) is 40.9. The number of nitrogens with zero attached hydrogens (tertiary/aromatic N) is 4. The van der Waals surface area contributed by atoms with Gasteiger partial charge in [-0.2, -0.15) is 0 Å². The molecule has 8 aromatic carbocycles. The Morgan fingerprint density at radius 2 is 0.818 bits per heavy atom. The van der Waals surface area contributed by atoms with E-state index in [1.54, 1.807) is 6.07 Å². The lowest BCUT2D eigenvalue weighted by Gasteiger charge is -2.17. The largest absolute Gasteiger partial charge is 0.308 e. The molecule has 2 aromatic heterocycles. The molecule has 0 N–H and O–H groups in total. The molecule has 0 aliphatic carbocycles. The summed E-state index contributed by atoms with van der Waals surface area (Å²) in [6.07, 6.45) is 0. The van der Waals surface area contributed by atoms with Gasteiger partial charge >= 0.3 is 0 Å². The van der Waals surface area contributed by atoms with Crippen LogP contribution in [0.4, 0.5) is 0 Å². The maximum absolute atomic E-state index is 8.89.